The zero-order valence-corrected chi connectivity index (χ0v) is 11.9. The Labute approximate surface area is 110 Å². The first-order chi connectivity index (χ1) is 7.77. The summed E-state index contributed by atoms with van der Waals surface area (Å²) in [7, 11) is 1.73. The van der Waals surface area contributed by atoms with Crippen LogP contribution in [-0.4, -0.2) is 36.3 Å². The lowest BCUT2D eigenvalue weighted by molar-refractivity contribution is 0.165. The van der Waals surface area contributed by atoms with Crippen molar-refractivity contribution in [3.63, 3.8) is 0 Å². The number of nitrogens with zero attached hydrogens (tertiary/aromatic N) is 2. The number of aromatic nitrogens is 2. The Kier molecular flexibility index (Phi) is 6.82. The Bertz CT molecular complexity index is 309. The second kappa shape index (κ2) is 7.92. The predicted molar refractivity (Wildman–Crippen MR) is 72.4 cm³/mol. The van der Waals surface area contributed by atoms with E-state index >= 15 is 0 Å². The number of rotatable bonds is 7. The molecule has 0 saturated heterocycles. The van der Waals surface area contributed by atoms with Crippen molar-refractivity contribution < 1.29 is 4.74 Å². The lowest BCUT2D eigenvalue weighted by atomic mass is 10.1. The maximum absolute atomic E-state index is 5.20. The molecule has 1 rings (SSSR count). The monoisotopic (exact) mass is 335 g/mol. The van der Waals surface area contributed by atoms with Gasteiger partial charge in [-0.1, -0.05) is 6.92 Å². The Morgan fingerprint density at radius 1 is 1.56 bits per heavy atom. The molecule has 0 aliphatic rings. The minimum absolute atomic E-state index is 0.327. The van der Waals surface area contributed by atoms with Crippen molar-refractivity contribution in [3.8, 4) is 0 Å². The lowest BCUT2D eigenvalue weighted by Gasteiger charge is -2.17. The first kappa shape index (κ1) is 13.8. The van der Waals surface area contributed by atoms with E-state index in [9.17, 15) is 0 Å². The maximum Gasteiger partial charge on any atom is 0.115 e. The van der Waals surface area contributed by atoms with E-state index in [1.54, 1.807) is 13.4 Å². The number of methoxy groups -OCH3 is 1. The second-order valence-corrected chi connectivity index (χ2v) is 4.79. The van der Waals surface area contributed by atoms with Crippen LogP contribution in [0.25, 0.3) is 0 Å². The Morgan fingerprint density at radius 2 is 2.38 bits per heavy atom. The first-order valence-corrected chi connectivity index (χ1v) is 6.52. The molecule has 90 valence electrons. The molecular formula is C11H18IN3O. The number of nitrogens with one attached hydrogen (secondary N) is 1. The minimum atomic E-state index is 0.327. The summed E-state index contributed by atoms with van der Waals surface area (Å²) in [5.74, 6) is 0. The van der Waals surface area contributed by atoms with Crippen molar-refractivity contribution in [2.24, 2.45) is 0 Å². The quantitative estimate of drug-likeness (QED) is 0.770. The molecule has 0 aromatic carbocycles. The minimum Gasteiger partial charge on any atom is -0.383 e. The van der Waals surface area contributed by atoms with Gasteiger partial charge in [0.25, 0.3) is 0 Å². The molecule has 0 bridgehead atoms. The van der Waals surface area contributed by atoms with Gasteiger partial charge in [-0.05, 0) is 35.6 Å². The summed E-state index contributed by atoms with van der Waals surface area (Å²) in [4.78, 5) is 8.28. The van der Waals surface area contributed by atoms with E-state index in [2.05, 4.69) is 44.8 Å². The summed E-state index contributed by atoms with van der Waals surface area (Å²) in [6, 6.07) is 0.327. The largest absolute Gasteiger partial charge is 0.383 e. The van der Waals surface area contributed by atoms with Gasteiger partial charge in [0.05, 0.1) is 15.9 Å². The Morgan fingerprint density at radius 3 is 3.00 bits per heavy atom. The molecule has 1 aromatic rings. The molecule has 0 spiro atoms. The fourth-order valence-corrected chi connectivity index (χ4v) is 1.98. The molecule has 16 heavy (non-hydrogen) atoms. The molecule has 4 nitrogen and oxygen atoms in total. The molecule has 1 N–H and O–H groups in total. The fourth-order valence-electron chi connectivity index (χ4n) is 1.46. The highest BCUT2D eigenvalue weighted by Gasteiger charge is 2.11. The number of ether oxygens (including phenoxy) is 1. The van der Waals surface area contributed by atoms with Crippen LogP contribution < -0.4 is 5.32 Å². The van der Waals surface area contributed by atoms with Crippen LogP contribution >= 0.6 is 22.6 Å². The van der Waals surface area contributed by atoms with Crippen molar-refractivity contribution in [3.05, 3.63) is 21.8 Å². The molecule has 5 heteroatoms. The maximum atomic E-state index is 5.20. The zero-order valence-electron chi connectivity index (χ0n) is 9.74. The standard InChI is InChI=1S/C11H18IN3O/c1-3-4-14-9(7-16-2)5-11-10(12)6-13-8-15-11/h6,8-9,14H,3-5,7H2,1-2H3. The second-order valence-electron chi connectivity index (χ2n) is 3.63. The molecule has 1 aromatic heterocycles. The summed E-state index contributed by atoms with van der Waals surface area (Å²) in [6.07, 6.45) is 5.45. The van der Waals surface area contributed by atoms with E-state index in [4.69, 9.17) is 4.74 Å². The van der Waals surface area contributed by atoms with E-state index in [1.165, 1.54) is 0 Å². The number of hydrogen-bond donors (Lipinski definition) is 1. The van der Waals surface area contributed by atoms with Crippen LogP contribution in [0.1, 0.15) is 19.0 Å². The summed E-state index contributed by atoms with van der Waals surface area (Å²) in [5.41, 5.74) is 1.08. The summed E-state index contributed by atoms with van der Waals surface area (Å²) in [5, 5.41) is 3.46. The molecule has 0 saturated carbocycles. The van der Waals surface area contributed by atoms with Gasteiger partial charge in [-0.15, -0.1) is 0 Å². The summed E-state index contributed by atoms with van der Waals surface area (Å²) < 4.78 is 6.32. The number of halogens is 1. The molecule has 0 radical (unpaired) electrons. The Hall–Kier alpha value is -0.270. The molecule has 0 aliphatic carbocycles. The van der Waals surface area contributed by atoms with Gasteiger partial charge in [0.1, 0.15) is 6.33 Å². The van der Waals surface area contributed by atoms with Gasteiger partial charge < -0.3 is 10.1 Å². The number of hydrogen-bond acceptors (Lipinski definition) is 4. The van der Waals surface area contributed by atoms with Crippen molar-refractivity contribution in [2.45, 2.75) is 25.8 Å². The van der Waals surface area contributed by atoms with Gasteiger partial charge >= 0.3 is 0 Å². The van der Waals surface area contributed by atoms with Crippen molar-refractivity contribution in [1.82, 2.24) is 15.3 Å². The van der Waals surface area contributed by atoms with Crippen LogP contribution in [0, 0.1) is 3.57 Å². The molecule has 0 fully saturated rings. The van der Waals surface area contributed by atoms with Gasteiger partial charge in [-0.25, -0.2) is 9.97 Å². The SMILES string of the molecule is CCCNC(COC)Cc1ncncc1I. The van der Waals surface area contributed by atoms with E-state index in [0.717, 1.165) is 28.7 Å². The van der Waals surface area contributed by atoms with E-state index in [-0.39, 0.29) is 0 Å². The van der Waals surface area contributed by atoms with Gasteiger partial charge in [0, 0.05) is 25.8 Å². The normalized spacial score (nSPS) is 12.7. The highest BCUT2D eigenvalue weighted by Crippen LogP contribution is 2.09. The molecule has 1 heterocycles. The molecular weight excluding hydrogens is 317 g/mol. The molecule has 1 atom stereocenters. The summed E-state index contributed by atoms with van der Waals surface area (Å²) >= 11 is 2.27. The molecule has 0 amide bonds. The zero-order chi connectivity index (χ0) is 11.8. The highest BCUT2D eigenvalue weighted by molar-refractivity contribution is 14.1. The average Bonchev–Trinajstić information content (AvgIpc) is 2.29. The highest BCUT2D eigenvalue weighted by atomic mass is 127. The van der Waals surface area contributed by atoms with Crippen molar-refractivity contribution >= 4 is 22.6 Å². The van der Waals surface area contributed by atoms with Crippen LogP contribution in [-0.2, 0) is 11.2 Å². The van der Waals surface area contributed by atoms with Crippen LogP contribution in [0.4, 0.5) is 0 Å². The van der Waals surface area contributed by atoms with Crippen molar-refractivity contribution in [1.29, 1.82) is 0 Å². The van der Waals surface area contributed by atoms with Crippen LogP contribution in [0.15, 0.2) is 12.5 Å². The fraction of sp³-hybridized carbons (Fsp3) is 0.636. The third-order valence-corrected chi connectivity index (χ3v) is 3.14. The van der Waals surface area contributed by atoms with Crippen LogP contribution in [0.3, 0.4) is 0 Å². The van der Waals surface area contributed by atoms with Crippen LogP contribution in [0.2, 0.25) is 0 Å². The lowest BCUT2D eigenvalue weighted by Crippen LogP contribution is -2.36. The Balaban J connectivity index is 2.56. The van der Waals surface area contributed by atoms with Gasteiger partial charge in [0.15, 0.2) is 0 Å². The summed E-state index contributed by atoms with van der Waals surface area (Å²) in [6.45, 7) is 3.88. The van der Waals surface area contributed by atoms with E-state index < -0.39 is 0 Å². The average molecular weight is 335 g/mol. The van der Waals surface area contributed by atoms with Gasteiger partial charge in [0.2, 0.25) is 0 Å². The smallest absolute Gasteiger partial charge is 0.115 e. The van der Waals surface area contributed by atoms with Gasteiger partial charge in [-0.2, -0.15) is 0 Å². The topological polar surface area (TPSA) is 47.0 Å². The van der Waals surface area contributed by atoms with Crippen LogP contribution in [0.5, 0.6) is 0 Å². The first-order valence-electron chi connectivity index (χ1n) is 5.44. The van der Waals surface area contributed by atoms with E-state index in [1.807, 2.05) is 6.20 Å². The van der Waals surface area contributed by atoms with E-state index in [0.29, 0.717) is 12.6 Å². The predicted octanol–water partition coefficient (Wildman–Crippen LogP) is 1.64. The van der Waals surface area contributed by atoms with Gasteiger partial charge in [-0.3, -0.25) is 0 Å². The third kappa shape index (κ3) is 4.71. The molecule has 1 unspecified atom stereocenters. The van der Waals surface area contributed by atoms with Crippen molar-refractivity contribution in [2.75, 3.05) is 20.3 Å². The molecule has 0 aliphatic heterocycles. The third-order valence-electron chi connectivity index (χ3n) is 2.23.